The summed E-state index contributed by atoms with van der Waals surface area (Å²) in [4.78, 5) is 10.3. The number of carboxylic acid groups (broad SMARTS) is 1. The Hall–Kier alpha value is -1.65. The van der Waals surface area contributed by atoms with Crippen molar-refractivity contribution < 1.29 is 20.1 Å². The molecular formula is C20H32O4. The molecule has 3 N–H and O–H groups in total. The summed E-state index contributed by atoms with van der Waals surface area (Å²) in [5, 5.41) is 27.9. The molecule has 0 bridgehead atoms. The summed E-state index contributed by atoms with van der Waals surface area (Å²) < 4.78 is 0. The number of carbonyl (C=O) groups is 1. The number of unbranched alkanes of at least 4 members (excludes halogenated alkanes) is 3. The summed E-state index contributed by atoms with van der Waals surface area (Å²) in [6.07, 6.45) is 19.8. The second-order valence-electron chi connectivity index (χ2n) is 5.78. The van der Waals surface area contributed by atoms with Crippen molar-refractivity contribution in [3.05, 3.63) is 48.6 Å². The van der Waals surface area contributed by atoms with Gasteiger partial charge < -0.3 is 15.3 Å². The molecule has 4 heteroatoms. The van der Waals surface area contributed by atoms with E-state index >= 15 is 0 Å². The van der Waals surface area contributed by atoms with Crippen LogP contribution in [0.15, 0.2) is 48.6 Å². The van der Waals surface area contributed by atoms with Gasteiger partial charge in [-0.3, -0.25) is 4.79 Å². The third-order valence-corrected chi connectivity index (χ3v) is 3.41. The van der Waals surface area contributed by atoms with Crippen molar-refractivity contribution >= 4 is 5.97 Å². The Labute approximate surface area is 145 Å². The van der Waals surface area contributed by atoms with Gasteiger partial charge in [0.1, 0.15) is 0 Å². The molecule has 0 aromatic carbocycles. The Morgan fingerprint density at radius 2 is 1.58 bits per heavy atom. The van der Waals surface area contributed by atoms with Crippen molar-refractivity contribution in [2.75, 3.05) is 0 Å². The Bertz CT molecular complexity index is 421. The average molecular weight is 336 g/mol. The fourth-order valence-electron chi connectivity index (χ4n) is 2.02. The lowest BCUT2D eigenvalue weighted by atomic mass is 10.1. The van der Waals surface area contributed by atoms with E-state index in [0.717, 1.165) is 6.42 Å². The molecule has 0 saturated carbocycles. The molecule has 0 radical (unpaired) electrons. The summed E-state index contributed by atoms with van der Waals surface area (Å²) in [6, 6.07) is 0. The normalized spacial score (nSPS) is 15.1. The van der Waals surface area contributed by atoms with E-state index in [1.165, 1.54) is 19.3 Å². The highest BCUT2D eigenvalue weighted by molar-refractivity contribution is 5.66. The molecular weight excluding hydrogens is 304 g/mol. The van der Waals surface area contributed by atoms with Gasteiger partial charge in [-0.25, -0.2) is 0 Å². The Morgan fingerprint density at radius 1 is 0.917 bits per heavy atom. The fraction of sp³-hybridized carbons (Fsp3) is 0.550. The number of hydrogen-bond donors (Lipinski definition) is 3. The maximum atomic E-state index is 10.3. The van der Waals surface area contributed by atoms with Gasteiger partial charge in [-0.1, -0.05) is 68.4 Å². The van der Waals surface area contributed by atoms with E-state index in [0.29, 0.717) is 19.3 Å². The Morgan fingerprint density at radius 3 is 2.21 bits per heavy atom. The van der Waals surface area contributed by atoms with Crippen molar-refractivity contribution in [2.24, 2.45) is 0 Å². The molecule has 0 spiro atoms. The highest BCUT2D eigenvalue weighted by atomic mass is 16.4. The standard InChI is InChI=1S/C20H32O4/c1-2-3-4-5-6-9-13-18(21)14-10-7-8-11-15-19(22)16-12-17-20(23)24/h6-11,14-15,18-19,21-22H,2-5,12-13,16-17H2,1H3,(H,23,24)/t18-,19-/m1/s1. The molecule has 0 heterocycles. The Balaban J connectivity index is 3.81. The van der Waals surface area contributed by atoms with E-state index in [2.05, 4.69) is 13.0 Å². The van der Waals surface area contributed by atoms with Crippen LogP contribution in [0, 0.1) is 0 Å². The van der Waals surface area contributed by atoms with Gasteiger partial charge in [0.2, 0.25) is 0 Å². The summed E-state index contributed by atoms with van der Waals surface area (Å²) in [7, 11) is 0. The molecule has 24 heavy (non-hydrogen) atoms. The first-order valence-electron chi connectivity index (χ1n) is 8.80. The van der Waals surface area contributed by atoms with Crippen LogP contribution in [0.3, 0.4) is 0 Å². The number of allylic oxidation sites excluding steroid dienone is 5. The molecule has 0 aromatic rings. The summed E-state index contributed by atoms with van der Waals surface area (Å²) >= 11 is 0. The molecule has 0 saturated heterocycles. The summed E-state index contributed by atoms with van der Waals surface area (Å²) in [6.45, 7) is 2.18. The van der Waals surface area contributed by atoms with Gasteiger partial charge >= 0.3 is 5.97 Å². The van der Waals surface area contributed by atoms with Gasteiger partial charge in [0, 0.05) is 6.42 Å². The molecule has 0 unspecified atom stereocenters. The van der Waals surface area contributed by atoms with Crippen molar-refractivity contribution in [3.63, 3.8) is 0 Å². The minimum atomic E-state index is -0.842. The number of aliphatic carboxylic acids is 1. The van der Waals surface area contributed by atoms with Crippen LogP contribution in [0.2, 0.25) is 0 Å². The zero-order valence-electron chi connectivity index (χ0n) is 14.7. The first kappa shape index (κ1) is 22.4. The number of aliphatic hydroxyl groups is 2. The van der Waals surface area contributed by atoms with Crippen LogP contribution in [-0.4, -0.2) is 33.5 Å². The zero-order chi connectivity index (χ0) is 18.0. The molecule has 136 valence electrons. The molecule has 0 aliphatic rings. The smallest absolute Gasteiger partial charge is 0.303 e. The SMILES string of the molecule is CCCCCC=CC[C@@H](O)C=CC=CC=C[C@@H](O)CCCC(=O)O. The first-order chi connectivity index (χ1) is 11.6. The topological polar surface area (TPSA) is 77.8 Å². The van der Waals surface area contributed by atoms with Crippen molar-refractivity contribution in [3.8, 4) is 0 Å². The van der Waals surface area contributed by atoms with Crippen molar-refractivity contribution in [1.29, 1.82) is 0 Å². The molecule has 2 atom stereocenters. The van der Waals surface area contributed by atoms with Gasteiger partial charge in [0.25, 0.3) is 0 Å². The van der Waals surface area contributed by atoms with Gasteiger partial charge in [0.15, 0.2) is 0 Å². The molecule has 0 rings (SSSR count). The molecule has 0 aliphatic heterocycles. The summed E-state index contributed by atoms with van der Waals surface area (Å²) in [5.41, 5.74) is 0. The van der Waals surface area contributed by atoms with Crippen molar-refractivity contribution in [1.82, 2.24) is 0 Å². The third-order valence-electron chi connectivity index (χ3n) is 3.41. The number of hydrogen-bond acceptors (Lipinski definition) is 3. The van der Waals surface area contributed by atoms with Crippen LogP contribution >= 0.6 is 0 Å². The number of carboxylic acids is 1. The maximum Gasteiger partial charge on any atom is 0.303 e. The van der Waals surface area contributed by atoms with E-state index in [-0.39, 0.29) is 6.42 Å². The monoisotopic (exact) mass is 336 g/mol. The lowest BCUT2D eigenvalue weighted by Crippen LogP contribution is -2.03. The highest BCUT2D eigenvalue weighted by Crippen LogP contribution is 2.03. The highest BCUT2D eigenvalue weighted by Gasteiger charge is 2.01. The number of aliphatic hydroxyl groups excluding tert-OH is 2. The van der Waals surface area contributed by atoms with Crippen molar-refractivity contribution in [2.45, 2.75) is 70.5 Å². The van der Waals surface area contributed by atoms with Gasteiger partial charge in [-0.05, 0) is 32.1 Å². The van der Waals surface area contributed by atoms with E-state index in [4.69, 9.17) is 5.11 Å². The number of rotatable bonds is 14. The molecule has 0 aliphatic carbocycles. The molecule has 0 fully saturated rings. The van der Waals surface area contributed by atoms with Crippen LogP contribution < -0.4 is 0 Å². The quantitative estimate of drug-likeness (QED) is 0.253. The predicted molar refractivity (Wildman–Crippen MR) is 98.8 cm³/mol. The minimum absolute atomic E-state index is 0.0778. The van der Waals surface area contributed by atoms with Crippen LogP contribution in [0.4, 0.5) is 0 Å². The Kier molecular flexibility index (Phi) is 15.1. The van der Waals surface area contributed by atoms with Gasteiger partial charge in [-0.2, -0.15) is 0 Å². The van der Waals surface area contributed by atoms with E-state index < -0.39 is 18.2 Å². The maximum absolute atomic E-state index is 10.3. The third kappa shape index (κ3) is 16.7. The van der Waals surface area contributed by atoms with E-state index in [1.54, 1.807) is 36.5 Å². The van der Waals surface area contributed by atoms with Crippen LogP contribution in [-0.2, 0) is 4.79 Å². The zero-order valence-corrected chi connectivity index (χ0v) is 14.7. The second kappa shape index (κ2) is 16.2. The second-order valence-corrected chi connectivity index (χ2v) is 5.78. The van der Waals surface area contributed by atoms with E-state index in [1.807, 2.05) is 6.08 Å². The largest absolute Gasteiger partial charge is 0.481 e. The van der Waals surface area contributed by atoms with Crippen LogP contribution in [0.1, 0.15) is 58.3 Å². The van der Waals surface area contributed by atoms with Gasteiger partial charge in [0.05, 0.1) is 12.2 Å². The predicted octanol–water partition coefficient (Wildman–Crippen LogP) is 4.16. The molecule has 0 aromatic heterocycles. The molecule has 0 amide bonds. The molecule has 4 nitrogen and oxygen atoms in total. The van der Waals surface area contributed by atoms with Gasteiger partial charge in [-0.15, -0.1) is 0 Å². The summed E-state index contributed by atoms with van der Waals surface area (Å²) in [5.74, 6) is -0.842. The van der Waals surface area contributed by atoms with Crippen LogP contribution in [0.5, 0.6) is 0 Å². The van der Waals surface area contributed by atoms with Crippen LogP contribution in [0.25, 0.3) is 0 Å². The van der Waals surface area contributed by atoms with E-state index in [9.17, 15) is 15.0 Å². The average Bonchev–Trinajstić information content (AvgIpc) is 2.53. The first-order valence-corrected chi connectivity index (χ1v) is 8.80. The minimum Gasteiger partial charge on any atom is -0.481 e. The fourth-order valence-corrected chi connectivity index (χ4v) is 2.02. The lowest BCUT2D eigenvalue weighted by Gasteiger charge is -2.02. The lowest BCUT2D eigenvalue weighted by molar-refractivity contribution is -0.137.